The molecule has 4 aromatic rings. The van der Waals surface area contributed by atoms with Crippen molar-refractivity contribution in [1.82, 2.24) is 9.80 Å². The highest BCUT2D eigenvalue weighted by Gasteiger charge is 2.30. The molecule has 0 spiro atoms. The summed E-state index contributed by atoms with van der Waals surface area (Å²) in [5, 5.41) is 0.799. The highest BCUT2D eigenvalue weighted by atomic mass is 19.2. The summed E-state index contributed by atoms with van der Waals surface area (Å²) in [6.07, 6.45) is 0. The molecule has 1 aliphatic heterocycles. The summed E-state index contributed by atoms with van der Waals surface area (Å²) in [5.74, 6) is -1.92. The summed E-state index contributed by atoms with van der Waals surface area (Å²) < 4.78 is 38.1. The SMILES string of the molecule is COc1ccc2c(-c3ccccc3)c(C(=O)N3CCN(C(=O)c4ccc(F)c(F)c4)CC3)oc2c1. The molecule has 0 unspecified atom stereocenters. The molecule has 1 aromatic heterocycles. The molecule has 0 atom stereocenters. The summed E-state index contributed by atoms with van der Waals surface area (Å²) in [6, 6.07) is 18.1. The summed E-state index contributed by atoms with van der Waals surface area (Å²) >= 11 is 0. The zero-order valence-electron chi connectivity index (χ0n) is 19.0. The van der Waals surface area contributed by atoms with Crippen molar-refractivity contribution in [3.63, 3.8) is 0 Å². The van der Waals surface area contributed by atoms with Crippen molar-refractivity contribution in [2.75, 3.05) is 33.3 Å². The van der Waals surface area contributed by atoms with Gasteiger partial charge < -0.3 is 19.0 Å². The predicted molar refractivity (Wildman–Crippen MR) is 126 cm³/mol. The van der Waals surface area contributed by atoms with Crippen LogP contribution >= 0.6 is 0 Å². The first-order chi connectivity index (χ1) is 17.0. The van der Waals surface area contributed by atoms with E-state index in [0.29, 0.717) is 16.9 Å². The molecule has 35 heavy (non-hydrogen) atoms. The topological polar surface area (TPSA) is 63.0 Å². The molecule has 6 nitrogen and oxygen atoms in total. The molecule has 2 amide bonds. The average Bonchev–Trinajstić information content (AvgIpc) is 3.28. The van der Waals surface area contributed by atoms with Gasteiger partial charge in [-0.25, -0.2) is 8.78 Å². The van der Waals surface area contributed by atoms with E-state index in [9.17, 15) is 18.4 Å². The molecule has 0 radical (unpaired) electrons. The lowest BCUT2D eigenvalue weighted by atomic mass is 10.0. The van der Waals surface area contributed by atoms with Gasteiger partial charge in [0.25, 0.3) is 11.8 Å². The number of furan rings is 1. The molecule has 178 valence electrons. The van der Waals surface area contributed by atoms with Crippen LogP contribution in [0.5, 0.6) is 5.75 Å². The van der Waals surface area contributed by atoms with Gasteiger partial charge in [-0.1, -0.05) is 30.3 Å². The Bertz CT molecular complexity index is 1410. The zero-order chi connectivity index (χ0) is 24.5. The molecule has 1 fully saturated rings. The van der Waals surface area contributed by atoms with Crippen molar-refractivity contribution in [2.24, 2.45) is 0 Å². The molecule has 3 aromatic carbocycles. The first kappa shape index (κ1) is 22.6. The standard InChI is InChI=1S/C27H22F2N2O4/c1-34-19-8-9-20-23(16-19)35-25(24(20)17-5-3-2-4-6-17)27(33)31-13-11-30(12-14-31)26(32)18-7-10-21(28)22(29)15-18/h2-10,15-16H,11-14H2,1H3. The summed E-state index contributed by atoms with van der Waals surface area (Å²) in [7, 11) is 1.56. The predicted octanol–water partition coefficient (Wildman–Crippen LogP) is 4.98. The van der Waals surface area contributed by atoms with Crippen LogP contribution in [-0.2, 0) is 0 Å². The van der Waals surface area contributed by atoms with Crippen LogP contribution in [0.15, 0.2) is 71.1 Å². The molecule has 0 bridgehead atoms. The largest absolute Gasteiger partial charge is 0.497 e. The van der Waals surface area contributed by atoms with E-state index in [1.54, 1.807) is 18.1 Å². The van der Waals surface area contributed by atoms with Crippen molar-refractivity contribution in [2.45, 2.75) is 0 Å². The number of carbonyl (C=O) groups is 2. The Kier molecular flexibility index (Phi) is 5.94. The second-order valence-corrected chi connectivity index (χ2v) is 8.25. The minimum Gasteiger partial charge on any atom is -0.497 e. The van der Waals surface area contributed by atoms with E-state index in [1.165, 1.54) is 11.0 Å². The van der Waals surface area contributed by atoms with E-state index in [-0.39, 0.29) is 43.4 Å². The lowest BCUT2D eigenvalue weighted by Crippen LogP contribution is -2.50. The Balaban J connectivity index is 1.40. The van der Waals surface area contributed by atoms with Crippen molar-refractivity contribution < 1.29 is 27.5 Å². The lowest BCUT2D eigenvalue weighted by molar-refractivity contribution is 0.0520. The van der Waals surface area contributed by atoms with Gasteiger partial charge in [0.05, 0.1) is 7.11 Å². The number of fused-ring (bicyclic) bond motifs is 1. The van der Waals surface area contributed by atoms with Crippen molar-refractivity contribution in [3.05, 3.63) is 89.7 Å². The van der Waals surface area contributed by atoms with E-state index in [1.807, 2.05) is 42.5 Å². The molecule has 2 heterocycles. The van der Waals surface area contributed by atoms with Crippen molar-refractivity contribution in [1.29, 1.82) is 0 Å². The Labute approximate surface area is 200 Å². The molecule has 1 aliphatic rings. The molecule has 5 rings (SSSR count). The van der Waals surface area contributed by atoms with Gasteiger partial charge in [-0.05, 0) is 35.9 Å². The number of benzene rings is 3. The summed E-state index contributed by atoms with van der Waals surface area (Å²) in [6.45, 7) is 1.09. The van der Waals surface area contributed by atoms with Gasteiger partial charge in [-0.2, -0.15) is 0 Å². The first-order valence-electron chi connectivity index (χ1n) is 11.2. The normalized spacial score (nSPS) is 13.8. The Hall–Kier alpha value is -4.20. The smallest absolute Gasteiger partial charge is 0.290 e. The minimum atomic E-state index is -1.07. The van der Waals surface area contributed by atoms with Crippen LogP contribution in [0.4, 0.5) is 8.78 Å². The molecule has 0 N–H and O–H groups in total. The van der Waals surface area contributed by atoms with Crippen LogP contribution in [0, 0.1) is 11.6 Å². The molecule has 0 aliphatic carbocycles. The fourth-order valence-corrected chi connectivity index (χ4v) is 4.31. The van der Waals surface area contributed by atoms with Crippen LogP contribution < -0.4 is 4.74 Å². The van der Waals surface area contributed by atoms with Gasteiger partial charge in [0.1, 0.15) is 11.3 Å². The fraction of sp³-hybridized carbons (Fsp3) is 0.185. The van der Waals surface area contributed by atoms with Crippen molar-refractivity contribution >= 4 is 22.8 Å². The lowest BCUT2D eigenvalue weighted by Gasteiger charge is -2.34. The first-order valence-corrected chi connectivity index (χ1v) is 11.2. The summed E-state index contributed by atoms with van der Waals surface area (Å²) in [5.41, 5.74) is 2.17. The Morgan fingerprint density at radius 1 is 0.829 bits per heavy atom. The maximum absolute atomic E-state index is 13.6. The summed E-state index contributed by atoms with van der Waals surface area (Å²) in [4.78, 5) is 29.4. The van der Waals surface area contributed by atoms with Crippen LogP contribution in [0.3, 0.4) is 0 Å². The van der Waals surface area contributed by atoms with Crippen LogP contribution in [0.2, 0.25) is 0 Å². The highest BCUT2D eigenvalue weighted by Crippen LogP contribution is 2.37. The monoisotopic (exact) mass is 476 g/mol. The molecular formula is C27H22F2N2O4. The number of hydrogen-bond acceptors (Lipinski definition) is 4. The number of ether oxygens (including phenoxy) is 1. The van der Waals surface area contributed by atoms with E-state index in [2.05, 4.69) is 0 Å². The average molecular weight is 476 g/mol. The minimum absolute atomic E-state index is 0.0706. The van der Waals surface area contributed by atoms with Gasteiger partial charge in [0.2, 0.25) is 5.76 Å². The van der Waals surface area contributed by atoms with Gasteiger partial charge >= 0.3 is 0 Å². The third-order valence-electron chi connectivity index (χ3n) is 6.17. The Morgan fingerprint density at radius 2 is 1.51 bits per heavy atom. The zero-order valence-corrected chi connectivity index (χ0v) is 19.0. The fourth-order valence-electron chi connectivity index (χ4n) is 4.31. The van der Waals surface area contributed by atoms with Crippen LogP contribution in [-0.4, -0.2) is 54.9 Å². The van der Waals surface area contributed by atoms with Gasteiger partial charge in [0.15, 0.2) is 11.6 Å². The van der Waals surface area contributed by atoms with E-state index in [0.717, 1.165) is 23.1 Å². The second-order valence-electron chi connectivity index (χ2n) is 8.25. The third-order valence-corrected chi connectivity index (χ3v) is 6.17. The number of rotatable bonds is 4. The Morgan fingerprint density at radius 3 is 2.17 bits per heavy atom. The van der Waals surface area contributed by atoms with Gasteiger partial charge in [-0.3, -0.25) is 9.59 Å². The molecule has 8 heteroatoms. The number of methoxy groups -OCH3 is 1. The van der Waals surface area contributed by atoms with Gasteiger partial charge in [-0.15, -0.1) is 0 Å². The molecular weight excluding hydrogens is 454 g/mol. The number of halogens is 2. The van der Waals surface area contributed by atoms with Crippen LogP contribution in [0.1, 0.15) is 20.9 Å². The highest BCUT2D eigenvalue weighted by molar-refractivity contribution is 6.08. The molecule has 1 saturated heterocycles. The molecule has 0 saturated carbocycles. The quantitative estimate of drug-likeness (QED) is 0.417. The maximum Gasteiger partial charge on any atom is 0.290 e. The number of hydrogen-bond donors (Lipinski definition) is 0. The van der Waals surface area contributed by atoms with Gasteiger partial charge in [0, 0.05) is 48.8 Å². The van der Waals surface area contributed by atoms with E-state index in [4.69, 9.17) is 9.15 Å². The number of amides is 2. The van der Waals surface area contributed by atoms with Crippen molar-refractivity contribution in [3.8, 4) is 16.9 Å². The van der Waals surface area contributed by atoms with E-state index < -0.39 is 17.5 Å². The second kappa shape index (κ2) is 9.21. The van der Waals surface area contributed by atoms with E-state index >= 15 is 0 Å². The third kappa shape index (κ3) is 4.23. The maximum atomic E-state index is 13.6. The number of carbonyl (C=O) groups excluding carboxylic acids is 2. The van der Waals surface area contributed by atoms with Crippen LogP contribution in [0.25, 0.3) is 22.1 Å². The number of nitrogens with zero attached hydrogens (tertiary/aromatic N) is 2. The number of piperazine rings is 1.